The molecule has 2 nitrogen and oxygen atoms in total. The summed E-state index contributed by atoms with van der Waals surface area (Å²) in [5.74, 6) is 0.955. The lowest BCUT2D eigenvalue weighted by Gasteiger charge is -1.98. The zero-order valence-corrected chi connectivity index (χ0v) is 9.42. The predicted molar refractivity (Wildman–Crippen MR) is 62.1 cm³/mol. The molecule has 1 N–H and O–H groups in total. The molecule has 70 valence electrons. The third-order valence-corrected chi connectivity index (χ3v) is 2.14. The molecule has 0 aliphatic carbocycles. The first-order valence-corrected chi connectivity index (χ1v) is 5.26. The van der Waals surface area contributed by atoms with Crippen LogP contribution in [0.2, 0.25) is 0 Å². The van der Waals surface area contributed by atoms with Gasteiger partial charge in [0, 0.05) is 28.5 Å². The van der Waals surface area contributed by atoms with E-state index in [9.17, 15) is 5.11 Å². The second kappa shape index (κ2) is 5.29. The molecule has 0 aromatic heterocycles. The predicted octanol–water partition coefficient (Wildman–Crippen LogP) is 2.50. The number of benzene rings is 1. The summed E-state index contributed by atoms with van der Waals surface area (Å²) in [6.07, 6.45) is 1.65. The average molecular weight is 260 g/mol. The van der Waals surface area contributed by atoms with E-state index < -0.39 is 0 Å². The van der Waals surface area contributed by atoms with E-state index in [1.54, 1.807) is 18.3 Å². The summed E-state index contributed by atoms with van der Waals surface area (Å²) in [6, 6.07) is 5.23. The summed E-state index contributed by atoms with van der Waals surface area (Å²) in [5, 5.41) is 9.40. The van der Waals surface area contributed by atoms with E-state index in [0.29, 0.717) is 12.3 Å². The molecule has 0 saturated carbocycles. The summed E-state index contributed by atoms with van der Waals surface area (Å²) >= 11 is 7.35. The topological polar surface area (TPSA) is 32.6 Å². The largest absolute Gasteiger partial charge is 0.507 e. The first kappa shape index (κ1) is 10.6. The first-order chi connectivity index (χ1) is 6.24. The van der Waals surface area contributed by atoms with Gasteiger partial charge in [-0.1, -0.05) is 15.9 Å². The minimum Gasteiger partial charge on any atom is -0.507 e. The van der Waals surface area contributed by atoms with Crippen LogP contribution in [-0.2, 0) is 0 Å². The lowest BCUT2D eigenvalue weighted by atomic mass is 10.2. The molecule has 13 heavy (non-hydrogen) atoms. The summed E-state index contributed by atoms with van der Waals surface area (Å²) in [6.45, 7) is 0.662. The van der Waals surface area contributed by atoms with E-state index in [0.717, 1.165) is 10.0 Å². The Morgan fingerprint density at radius 3 is 3.00 bits per heavy atom. The molecule has 1 rings (SSSR count). The van der Waals surface area contributed by atoms with Gasteiger partial charge in [-0.05, 0) is 18.2 Å². The molecule has 0 aliphatic rings. The number of halogens is 1. The van der Waals surface area contributed by atoms with Crippen LogP contribution in [0.25, 0.3) is 0 Å². The van der Waals surface area contributed by atoms with Crippen molar-refractivity contribution in [2.24, 2.45) is 4.99 Å². The Morgan fingerprint density at radius 2 is 2.31 bits per heavy atom. The highest BCUT2D eigenvalue weighted by Gasteiger charge is 1.97. The number of phenolic OH excluding ortho intramolecular Hbond substituents is 1. The lowest BCUT2D eigenvalue weighted by molar-refractivity contribution is 0.474. The number of phenols is 1. The van der Waals surface area contributed by atoms with E-state index in [4.69, 9.17) is 0 Å². The summed E-state index contributed by atoms with van der Waals surface area (Å²) in [7, 11) is 0. The molecule has 0 heterocycles. The van der Waals surface area contributed by atoms with Crippen LogP contribution in [0, 0.1) is 0 Å². The molecule has 1 aromatic carbocycles. The third kappa shape index (κ3) is 3.40. The minimum atomic E-state index is 0.242. The Labute approximate surface area is 91.2 Å². The van der Waals surface area contributed by atoms with Gasteiger partial charge >= 0.3 is 0 Å². The van der Waals surface area contributed by atoms with Crippen molar-refractivity contribution in [2.75, 3.05) is 12.3 Å². The van der Waals surface area contributed by atoms with Crippen molar-refractivity contribution in [3.8, 4) is 5.75 Å². The highest BCUT2D eigenvalue weighted by atomic mass is 79.9. The molecule has 0 saturated heterocycles. The smallest absolute Gasteiger partial charge is 0.124 e. The van der Waals surface area contributed by atoms with E-state index >= 15 is 0 Å². The molecule has 1 aromatic rings. The van der Waals surface area contributed by atoms with E-state index in [-0.39, 0.29) is 5.75 Å². The van der Waals surface area contributed by atoms with Crippen LogP contribution in [0.5, 0.6) is 5.75 Å². The fourth-order valence-electron chi connectivity index (χ4n) is 0.849. The van der Waals surface area contributed by atoms with Gasteiger partial charge in [0.05, 0.1) is 0 Å². The van der Waals surface area contributed by atoms with Crippen molar-refractivity contribution in [3.63, 3.8) is 0 Å². The Balaban J connectivity index is 2.81. The van der Waals surface area contributed by atoms with Crippen LogP contribution in [0.1, 0.15) is 5.56 Å². The van der Waals surface area contributed by atoms with Gasteiger partial charge in [0.2, 0.25) is 0 Å². The normalized spacial score (nSPS) is 10.9. The fourth-order valence-corrected chi connectivity index (χ4v) is 1.34. The van der Waals surface area contributed by atoms with E-state index in [2.05, 4.69) is 33.6 Å². The molecule has 4 heteroatoms. The van der Waals surface area contributed by atoms with Crippen molar-refractivity contribution in [2.45, 2.75) is 0 Å². The van der Waals surface area contributed by atoms with Gasteiger partial charge in [-0.25, -0.2) is 0 Å². The van der Waals surface area contributed by atoms with E-state index in [1.807, 2.05) is 6.07 Å². The average Bonchev–Trinajstić information content (AvgIpc) is 2.11. The third-order valence-electron chi connectivity index (χ3n) is 1.45. The second-order valence-electron chi connectivity index (χ2n) is 2.46. The van der Waals surface area contributed by atoms with Gasteiger partial charge in [0.1, 0.15) is 5.75 Å². The summed E-state index contributed by atoms with van der Waals surface area (Å²) in [4.78, 5) is 4.08. The molecule has 0 unspecified atom stereocenters. The van der Waals surface area contributed by atoms with Gasteiger partial charge in [-0.3, -0.25) is 4.99 Å². The fraction of sp³-hybridized carbons (Fsp3) is 0.222. The van der Waals surface area contributed by atoms with Gasteiger partial charge in [0.15, 0.2) is 0 Å². The monoisotopic (exact) mass is 259 g/mol. The lowest BCUT2D eigenvalue weighted by Crippen LogP contribution is -1.86. The second-order valence-corrected chi connectivity index (χ2v) is 3.82. The number of thiol groups is 1. The maximum absolute atomic E-state index is 9.40. The van der Waals surface area contributed by atoms with Crippen molar-refractivity contribution < 1.29 is 5.11 Å². The van der Waals surface area contributed by atoms with Crippen LogP contribution in [0.4, 0.5) is 0 Å². The Morgan fingerprint density at radius 1 is 1.54 bits per heavy atom. The maximum atomic E-state index is 9.40. The quantitative estimate of drug-likeness (QED) is 0.635. The van der Waals surface area contributed by atoms with Crippen LogP contribution < -0.4 is 0 Å². The number of hydrogen-bond donors (Lipinski definition) is 2. The van der Waals surface area contributed by atoms with Crippen LogP contribution >= 0.6 is 28.6 Å². The number of nitrogens with zero attached hydrogens (tertiary/aromatic N) is 1. The van der Waals surface area contributed by atoms with Gasteiger partial charge in [-0.15, -0.1) is 0 Å². The molecule has 0 atom stereocenters. The Bertz CT molecular complexity index is 314. The van der Waals surface area contributed by atoms with E-state index in [1.165, 1.54) is 0 Å². The van der Waals surface area contributed by atoms with Crippen LogP contribution in [0.15, 0.2) is 27.7 Å². The van der Waals surface area contributed by atoms with Crippen molar-refractivity contribution in [3.05, 3.63) is 28.2 Å². The molecule has 0 spiro atoms. The van der Waals surface area contributed by atoms with Gasteiger partial charge in [-0.2, -0.15) is 12.6 Å². The molecular formula is C9H10BrNOS. The SMILES string of the molecule is Oc1ccc(Br)cc1C=NCCS. The summed E-state index contributed by atoms with van der Waals surface area (Å²) in [5.41, 5.74) is 0.719. The standard InChI is InChI=1S/C9H10BrNOS/c10-8-1-2-9(12)7(5-8)6-11-3-4-13/h1-2,5-6,12-13H,3-4H2. The first-order valence-electron chi connectivity index (χ1n) is 3.83. The van der Waals surface area contributed by atoms with Crippen LogP contribution in [0.3, 0.4) is 0 Å². The Kier molecular flexibility index (Phi) is 4.32. The molecule has 0 fully saturated rings. The number of aromatic hydroxyl groups is 1. The molecule has 0 aliphatic heterocycles. The van der Waals surface area contributed by atoms with Crippen LogP contribution in [-0.4, -0.2) is 23.6 Å². The summed E-state index contributed by atoms with van der Waals surface area (Å²) < 4.78 is 0.928. The minimum absolute atomic E-state index is 0.242. The zero-order chi connectivity index (χ0) is 9.68. The maximum Gasteiger partial charge on any atom is 0.124 e. The number of hydrogen-bond acceptors (Lipinski definition) is 3. The van der Waals surface area contributed by atoms with Crippen molar-refractivity contribution >= 4 is 34.8 Å². The highest BCUT2D eigenvalue weighted by molar-refractivity contribution is 9.10. The Hall–Kier alpha value is -0.480. The molecule has 0 bridgehead atoms. The number of aliphatic imine (C=N–C) groups is 1. The zero-order valence-electron chi connectivity index (χ0n) is 6.94. The molecule has 0 amide bonds. The van der Waals surface area contributed by atoms with Crippen molar-refractivity contribution in [1.29, 1.82) is 0 Å². The highest BCUT2D eigenvalue weighted by Crippen LogP contribution is 2.19. The van der Waals surface area contributed by atoms with Crippen molar-refractivity contribution in [1.82, 2.24) is 0 Å². The number of rotatable bonds is 3. The molecular weight excluding hydrogens is 250 g/mol. The van der Waals surface area contributed by atoms with Gasteiger partial charge < -0.3 is 5.11 Å². The van der Waals surface area contributed by atoms with Gasteiger partial charge in [0.25, 0.3) is 0 Å². The molecule has 0 radical (unpaired) electrons.